The lowest BCUT2D eigenvalue weighted by atomic mass is 10.2. The number of fused-ring (bicyclic) bond motifs is 1. The van der Waals surface area contributed by atoms with E-state index < -0.39 is 0 Å². The van der Waals surface area contributed by atoms with E-state index >= 15 is 0 Å². The van der Waals surface area contributed by atoms with Crippen molar-refractivity contribution in [2.45, 2.75) is 6.92 Å². The van der Waals surface area contributed by atoms with E-state index in [2.05, 4.69) is 15.6 Å². The van der Waals surface area contributed by atoms with Gasteiger partial charge in [-0.15, -0.1) is 0 Å². The molecule has 0 fully saturated rings. The average molecular weight is 397 g/mol. The molecule has 3 aromatic carbocycles. The lowest BCUT2D eigenvalue weighted by Gasteiger charge is -2.03. The van der Waals surface area contributed by atoms with Gasteiger partial charge in [-0.1, -0.05) is 24.3 Å². The lowest BCUT2D eigenvalue weighted by Crippen LogP contribution is -2.07. The smallest absolute Gasteiger partial charge is 0.248 e. The molecule has 1 heterocycles. The van der Waals surface area contributed by atoms with Gasteiger partial charge in [-0.25, -0.2) is 4.98 Å². The summed E-state index contributed by atoms with van der Waals surface area (Å²) in [6, 6.07) is 22.1. The summed E-state index contributed by atoms with van der Waals surface area (Å²) in [5.41, 5.74) is 4.61. The molecule has 2 amide bonds. The zero-order valence-corrected chi connectivity index (χ0v) is 16.3. The van der Waals surface area contributed by atoms with Crippen molar-refractivity contribution in [3.8, 4) is 11.5 Å². The first-order chi connectivity index (χ1) is 14.6. The molecule has 4 aromatic rings. The molecule has 6 heteroatoms. The molecule has 148 valence electrons. The van der Waals surface area contributed by atoms with Crippen LogP contribution in [0.1, 0.15) is 12.5 Å². The maximum Gasteiger partial charge on any atom is 0.248 e. The fraction of sp³-hybridized carbons (Fsp3) is 0.0417. The minimum atomic E-state index is -0.240. The van der Waals surface area contributed by atoms with Crippen LogP contribution >= 0.6 is 0 Å². The van der Waals surface area contributed by atoms with Crippen molar-refractivity contribution in [1.82, 2.24) is 4.98 Å². The lowest BCUT2D eigenvalue weighted by molar-refractivity contribution is -0.114. The summed E-state index contributed by atoms with van der Waals surface area (Å²) >= 11 is 0. The van der Waals surface area contributed by atoms with Crippen LogP contribution in [-0.4, -0.2) is 16.8 Å². The van der Waals surface area contributed by atoms with Gasteiger partial charge in [-0.2, -0.15) is 0 Å². The van der Waals surface area contributed by atoms with E-state index in [1.807, 2.05) is 48.5 Å². The molecule has 1 aromatic heterocycles. The molecule has 2 N–H and O–H groups in total. The third-order valence-electron chi connectivity index (χ3n) is 4.35. The molecule has 0 radical (unpaired) electrons. The normalized spacial score (nSPS) is 11.0. The number of benzene rings is 3. The van der Waals surface area contributed by atoms with Crippen molar-refractivity contribution in [3.05, 3.63) is 84.4 Å². The van der Waals surface area contributed by atoms with E-state index in [4.69, 9.17) is 4.42 Å². The molecule has 0 spiro atoms. The summed E-state index contributed by atoms with van der Waals surface area (Å²) < 4.78 is 5.76. The Kier molecular flexibility index (Phi) is 5.39. The minimum Gasteiger partial charge on any atom is -0.436 e. The van der Waals surface area contributed by atoms with Crippen molar-refractivity contribution >= 4 is 40.4 Å². The number of para-hydroxylation sites is 2. The predicted molar refractivity (Wildman–Crippen MR) is 118 cm³/mol. The van der Waals surface area contributed by atoms with Crippen LogP contribution in [-0.2, 0) is 9.59 Å². The Balaban J connectivity index is 1.38. The first-order valence-electron chi connectivity index (χ1n) is 9.39. The van der Waals surface area contributed by atoms with Crippen LogP contribution in [0.15, 0.2) is 83.3 Å². The largest absolute Gasteiger partial charge is 0.436 e. The molecular formula is C24H19N3O3. The highest BCUT2D eigenvalue weighted by Crippen LogP contribution is 2.25. The summed E-state index contributed by atoms with van der Waals surface area (Å²) in [6.45, 7) is 1.46. The number of carbonyl (C=O) groups is 2. The van der Waals surface area contributed by atoms with Crippen LogP contribution in [0.3, 0.4) is 0 Å². The Hall–Kier alpha value is -4.19. The standard InChI is InChI=1S/C24H19N3O3/c1-16(28)25-19-11-6-17(7-12-19)8-15-23(29)26-20-13-9-18(10-14-20)24-27-21-4-2-3-5-22(21)30-24/h2-15H,1H3,(H,25,28)(H,26,29)/b15-8+. The van der Waals surface area contributed by atoms with Gasteiger partial charge in [0.25, 0.3) is 0 Å². The second kappa shape index (κ2) is 8.45. The summed E-state index contributed by atoms with van der Waals surface area (Å²) in [7, 11) is 0. The van der Waals surface area contributed by atoms with Gasteiger partial charge in [-0.05, 0) is 60.2 Å². The molecule has 0 bridgehead atoms. The van der Waals surface area contributed by atoms with Gasteiger partial charge < -0.3 is 15.1 Å². The molecule has 0 saturated heterocycles. The van der Waals surface area contributed by atoms with Gasteiger partial charge in [0, 0.05) is 29.9 Å². The molecule has 0 aliphatic rings. The van der Waals surface area contributed by atoms with Crippen LogP contribution in [0.2, 0.25) is 0 Å². The zero-order valence-electron chi connectivity index (χ0n) is 16.3. The maximum atomic E-state index is 12.2. The van der Waals surface area contributed by atoms with Gasteiger partial charge in [0.2, 0.25) is 17.7 Å². The topological polar surface area (TPSA) is 84.2 Å². The molecule has 0 aliphatic heterocycles. The number of carbonyl (C=O) groups excluding carboxylic acids is 2. The van der Waals surface area contributed by atoms with Crippen LogP contribution in [0.25, 0.3) is 28.6 Å². The van der Waals surface area contributed by atoms with E-state index in [9.17, 15) is 9.59 Å². The highest BCUT2D eigenvalue weighted by molar-refractivity contribution is 6.02. The van der Waals surface area contributed by atoms with E-state index in [1.54, 1.807) is 30.3 Å². The summed E-state index contributed by atoms with van der Waals surface area (Å²) in [6.07, 6.45) is 3.17. The molecule has 4 rings (SSSR count). The van der Waals surface area contributed by atoms with Crippen LogP contribution in [0.4, 0.5) is 11.4 Å². The summed E-state index contributed by atoms with van der Waals surface area (Å²) in [5, 5.41) is 5.52. The van der Waals surface area contributed by atoms with Crippen molar-refractivity contribution < 1.29 is 14.0 Å². The van der Waals surface area contributed by atoms with E-state index in [1.165, 1.54) is 13.0 Å². The fourth-order valence-corrected chi connectivity index (χ4v) is 2.93. The Labute approximate surface area is 173 Å². The number of hydrogen-bond donors (Lipinski definition) is 2. The van der Waals surface area contributed by atoms with Gasteiger partial charge in [-0.3, -0.25) is 9.59 Å². The molecule has 0 unspecified atom stereocenters. The third-order valence-corrected chi connectivity index (χ3v) is 4.35. The molecule has 0 saturated carbocycles. The monoisotopic (exact) mass is 397 g/mol. The summed E-state index contributed by atoms with van der Waals surface area (Å²) in [5.74, 6) is 0.173. The number of nitrogens with one attached hydrogen (secondary N) is 2. The van der Waals surface area contributed by atoms with Gasteiger partial charge in [0.15, 0.2) is 5.58 Å². The van der Waals surface area contributed by atoms with Gasteiger partial charge in [0.05, 0.1) is 0 Å². The SMILES string of the molecule is CC(=O)Nc1ccc(/C=C/C(=O)Nc2ccc(-c3nc4ccccc4o3)cc2)cc1. The van der Waals surface area contributed by atoms with Crippen LogP contribution < -0.4 is 10.6 Å². The zero-order chi connectivity index (χ0) is 20.9. The second-order valence-corrected chi connectivity index (χ2v) is 6.69. The second-order valence-electron chi connectivity index (χ2n) is 6.69. The highest BCUT2D eigenvalue weighted by atomic mass is 16.3. The number of amides is 2. The molecule has 30 heavy (non-hydrogen) atoms. The van der Waals surface area contributed by atoms with Gasteiger partial charge in [0.1, 0.15) is 5.52 Å². The van der Waals surface area contributed by atoms with Crippen molar-refractivity contribution in [2.75, 3.05) is 10.6 Å². The first kappa shape index (κ1) is 19.1. The quantitative estimate of drug-likeness (QED) is 0.459. The maximum absolute atomic E-state index is 12.2. The number of rotatable bonds is 5. The molecule has 0 atom stereocenters. The number of nitrogens with zero attached hydrogens (tertiary/aromatic N) is 1. The van der Waals surface area contributed by atoms with Crippen LogP contribution in [0, 0.1) is 0 Å². The minimum absolute atomic E-state index is 0.125. The Morgan fingerprint density at radius 3 is 2.23 bits per heavy atom. The van der Waals surface area contributed by atoms with Crippen molar-refractivity contribution in [2.24, 2.45) is 0 Å². The summed E-state index contributed by atoms with van der Waals surface area (Å²) in [4.78, 5) is 27.7. The number of hydrogen-bond acceptors (Lipinski definition) is 4. The van der Waals surface area contributed by atoms with Crippen molar-refractivity contribution in [3.63, 3.8) is 0 Å². The molecule has 0 aliphatic carbocycles. The number of anilines is 2. The van der Waals surface area contributed by atoms with Crippen molar-refractivity contribution in [1.29, 1.82) is 0 Å². The van der Waals surface area contributed by atoms with E-state index in [0.717, 1.165) is 22.2 Å². The van der Waals surface area contributed by atoms with Crippen LogP contribution in [0.5, 0.6) is 0 Å². The van der Waals surface area contributed by atoms with Gasteiger partial charge >= 0.3 is 0 Å². The Morgan fingerprint density at radius 2 is 1.53 bits per heavy atom. The first-order valence-corrected chi connectivity index (χ1v) is 9.39. The predicted octanol–water partition coefficient (Wildman–Crippen LogP) is 5.11. The van der Waals surface area contributed by atoms with E-state index in [-0.39, 0.29) is 11.8 Å². The number of oxazole rings is 1. The Bertz CT molecular complexity index is 1190. The highest BCUT2D eigenvalue weighted by Gasteiger charge is 2.08. The van der Waals surface area contributed by atoms with E-state index in [0.29, 0.717) is 17.3 Å². The Morgan fingerprint density at radius 1 is 0.867 bits per heavy atom. The third kappa shape index (κ3) is 4.62. The fourth-order valence-electron chi connectivity index (χ4n) is 2.93. The average Bonchev–Trinajstić information content (AvgIpc) is 3.18. The number of aromatic nitrogens is 1. The molecule has 6 nitrogen and oxygen atoms in total. The molecular weight excluding hydrogens is 378 g/mol.